The first-order chi connectivity index (χ1) is 6.78. The van der Waals surface area contributed by atoms with E-state index in [0.29, 0.717) is 5.92 Å². The molecule has 0 amide bonds. The van der Waals surface area contributed by atoms with Crippen molar-refractivity contribution in [2.24, 2.45) is 29.6 Å². The Kier molecular flexibility index (Phi) is 1.98. The smallest absolute Gasteiger partial charge is 0.0751 e. The van der Waals surface area contributed by atoms with Crippen LogP contribution in [0.1, 0.15) is 32.1 Å². The van der Waals surface area contributed by atoms with Crippen molar-refractivity contribution >= 4 is 0 Å². The lowest BCUT2D eigenvalue weighted by Gasteiger charge is -2.55. The summed E-state index contributed by atoms with van der Waals surface area (Å²) >= 11 is 0. The maximum Gasteiger partial charge on any atom is 0.0751 e. The summed E-state index contributed by atoms with van der Waals surface area (Å²) in [6.45, 7) is 3.74. The fraction of sp³-hybridized carbons (Fsp3) is 0.846. The summed E-state index contributed by atoms with van der Waals surface area (Å²) in [6, 6.07) is 0. The van der Waals surface area contributed by atoms with Crippen molar-refractivity contribution in [1.29, 1.82) is 0 Å². The van der Waals surface area contributed by atoms with E-state index in [9.17, 15) is 5.11 Å². The summed E-state index contributed by atoms with van der Waals surface area (Å²) in [5.74, 6) is 4.20. The van der Waals surface area contributed by atoms with Gasteiger partial charge in [-0.15, -0.1) is 6.58 Å². The van der Waals surface area contributed by atoms with E-state index < -0.39 is 0 Å². The van der Waals surface area contributed by atoms with E-state index in [-0.39, 0.29) is 6.10 Å². The van der Waals surface area contributed by atoms with Gasteiger partial charge in [0.2, 0.25) is 0 Å². The normalized spacial score (nSPS) is 51.9. The minimum Gasteiger partial charge on any atom is -0.389 e. The maximum absolute atomic E-state index is 9.97. The van der Waals surface area contributed by atoms with E-state index in [2.05, 4.69) is 6.58 Å². The summed E-state index contributed by atoms with van der Waals surface area (Å²) in [5.41, 5.74) is 0. The van der Waals surface area contributed by atoms with Gasteiger partial charge in [-0.25, -0.2) is 0 Å². The lowest BCUT2D eigenvalue weighted by molar-refractivity contribution is -0.0760. The average Bonchev–Trinajstić information content (AvgIpc) is 2.15. The summed E-state index contributed by atoms with van der Waals surface area (Å²) in [6.07, 6.45) is 8.58. The van der Waals surface area contributed by atoms with Crippen molar-refractivity contribution in [3.8, 4) is 0 Å². The lowest BCUT2D eigenvalue weighted by atomic mass is 9.51. The van der Waals surface area contributed by atoms with Gasteiger partial charge in [0.05, 0.1) is 6.10 Å². The molecule has 4 aliphatic carbocycles. The molecule has 0 radical (unpaired) electrons. The third-order valence-electron chi connectivity index (χ3n) is 4.94. The first-order valence-corrected chi connectivity index (χ1v) is 6.08. The maximum atomic E-state index is 9.97. The van der Waals surface area contributed by atoms with Crippen molar-refractivity contribution < 1.29 is 5.11 Å². The number of aliphatic hydroxyl groups excluding tert-OH is 1. The van der Waals surface area contributed by atoms with Gasteiger partial charge < -0.3 is 5.11 Å². The standard InChI is InChI=1S/C13H20O/c1-2-12(14)13-10-4-8-3-9(6-10)7-11(13)5-8/h2,8-14H,1,3-7H2. The Labute approximate surface area is 86.2 Å². The van der Waals surface area contributed by atoms with E-state index in [1.54, 1.807) is 6.08 Å². The summed E-state index contributed by atoms with van der Waals surface area (Å²) < 4.78 is 0. The predicted molar refractivity (Wildman–Crippen MR) is 56.7 cm³/mol. The zero-order valence-electron chi connectivity index (χ0n) is 8.73. The second-order valence-electron chi connectivity index (χ2n) is 5.73. The molecule has 0 aromatic rings. The molecule has 4 rings (SSSR count). The molecule has 0 aliphatic heterocycles. The molecule has 0 saturated heterocycles. The quantitative estimate of drug-likeness (QED) is 0.667. The van der Waals surface area contributed by atoms with E-state index in [0.717, 1.165) is 23.7 Å². The van der Waals surface area contributed by atoms with Gasteiger partial charge in [0, 0.05) is 0 Å². The van der Waals surface area contributed by atoms with Crippen LogP contribution in [0.25, 0.3) is 0 Å². The SMILES string of the molecule is C=CC(O)C1C2CC3CC(C2)CC1C3. The van der Waals surface area contributed by atoms with Crippen LogP contribution < -0.4 is 0 Å². The van der Waals surface area contributed by atoms with Gasteiger partial charge in [0.25, 0.3) is 0 Å². The Hall–Kier alpha value is -0.300. The first-order valence-electron chi connectivity index (χ1n) is 6.08. The Bertz CT molecular complexity index is 218. The van der Waals surface area contributed by atoms with E-state index in [1.807, 2.05) is 0 Å². The van der Waals surface area contributed by atoms with Gasteiger partial charge >= 0.3 is 0 Å². The molecule has 78 valence electrons. The van der Waals surface area contributed by atoms with Gasteiger partial charge in [-0.3, -0.25) is 0 Å². The molecule has 4 saturated carbocycles. The Morgan fingerprint density at radius 2 is 1.50 bits per heavy atom. The number of hydrogen-bond acceptors (Lipinski definition) is 1. The molecular formula is C13H20O. The largest absolute Gasteiger partial charge is 0.389 e. The fourth-order valence-corrected chi connectivity index (χ4v) is 4.68. The first kappa shape index (κ1) is 8.96. The zero-order chi connectivity index (χ0) is 9.71. The van der Waals surface area contributed by atoms with Crippen LogP contribution in [-0.4, -0.2) is 11.2 Å². The summed E-state index contributed by atoms with van der Waals surface area (Å²) in [4.78, 5) is 0. The molecule has 1 N–H and O–H groups in total. The van der Waals surface area contributed by atoms with E-state index >= 15 is 0 Å². The second-order valence-corrected chi connectivity index (χ2v) is 5.73. The molecular weight excluding hydrogens is 172 g/mol. The van der Waals surface area contributed by atoms with Crippen molar-refractivity contribution in [1.82, 2.24) is 0 Å². The number of hydrogen-bond donors (Lipinski definition) is 1. The molecule has 0 heterocycles. The van der Waals surface area contributed by atoms with E-state index in [4.69, 9.17) is 0 Å². The minimum atomic E-state index is -0.231. The Balaban J connectivity index is 1.84. The molecule has 4 bridgehead atoms. The van der Waals surface area contributed by atoms with Crippen LogP contribution in [0.5, 0.6) is 0 Å². The highest BCUT2D eigenvalue weighted by atomic mass is 16.3. The third kappa shape index (κ3) is 1.18. The molecule has 4 fully saturated rings. The highest BCUT2D eigenvalue weighted by Gasteiger charge is 2.49. The molecule has 1 nitrogen and oxygen atoms in total. The van der Waals surface area contributed by atoms with Crippen LogP contribution in [0.15, 0.2) is 12.7 Å². The van der Waals surface area contributed by atoms with Gasteiger partial charge in [-0.05, 0) is 61.7 Å². The fourth-order valence-electron chi connectivity index (χ4n) is 4.68. The van der Waals surface area contributed by atoms with Gasteiger partial charge in [-0.2, -0.15) is 0 Å². The Morgan fingerprint density at radius 1 is 1.00 bits per heavy atom. The molecule has 4 aliphatic rings. The van der Waals surface area contributed by atoms with E-state index in [1.165, 1.54) is 32.1 Å². The van der Waals surface area contributed by atoms with Crippen molar-refractivity contribution in [2.45, 2.75) is 38.2 Å². The highest BCUT2D eigenvalue weighted by molar-refractivity contribution is 5.03. The van der Waals surface area contributed by atoms with Crippen LogP contribution in [0.2, 0.25) is 0 Å². The van der Waals surface area contributed by atoms with Crippen LogP contribution in [0.3, 0.4) is 0 Å². The minimum absolute atomic E-state index is 0.231. The van der Waals surface area contributed by atoms with Gasteiger partial charge in [0.15, 0.2) is 0 Å². The van der Waals surface area contributed by atoms with Crippen LogP contribution in [0, 0.1) is 29.6 Å². The molecule has 0 aromatic heterocycles. The summed E-state index contributed by atoms with van der Waals surface area (Å²) in [7, 11) is 0. The second kappa shape index (κ2) is 3.10. The molecule has 1 atom stereocenters. The number of aliphatic hydroxyl groups is 1. The van der Waals surface area contributed by atoms with Crippen molar-refractivity contribution in [3.05, 3.63) is 12.7 Å². The predicted octanol–water partition coefficient (Wildman–Crippen LogP) is 2.61. The van der Waals surface area contributed by atoms with Crippen LogP contribution >= 0.6 is 0 Å². The van der Waals surface area contributed by atoms with Crippen LogP contribution in [0.4, 0.5) is 0 Å². The highest BCUT2D eigenvalue weighted by Crippen LogP contribution is 2.57. The number of rotatable bonds is 2. The zero-order valence-corrected chi connectivity index (χ0v) is 8.73. The Morgan fingerprint density at radius 3 is 1.93 bits per heavy atom. The molecule has 0 aromatic carbocycles. The summed E-state index contributed by atoms with van der Waals surface area (Å²) in [5, 5.41) is 9.97. The average molecular weight is 192 g/mol. The molecule has 1 heteroatoms. The molecule has 1 unspecified atom stereocenters. The van der Waals surface area contributed by atoms with Gasteiger partial charge in [-0.1, -0.05) is 6.08 Å². The third-order valence-corrected chi connectivity index (χ3v) is 4.94. The van der Waals surface area contributed by atoms with Crippen molar-refractivity contribution in [3.63, 3.8) is 0 Å². The lowest BCUT2D eigenvalue weighted by Crippen LogP contribution is -2.48. The van der Waals surface area contributed by atoms with Gasteiger partial charge in [0.1, 0.15) is 0 Å². The monoisotopic (exact) mass is 192 g/mol. The molecule has 0 spiro atoms. The van der Waals surface area contributed by atoms with Crippen LogP contribution in [-0.2, 0) is 0 Å². The topological polar surface area (TPSA) is 20.2 Å². The molecule has 14 heavy (non-hydrogen) atoms. The van der Waals surface area contributed by atoms with Crippen molar-refractivity contribution in [2.75, 3.05) is 0 Å².